The molecule has 2 N–H and O–H groups in total. The molecule has 1 saturated heterocycles. The van der Waals surface area contributed by atoms with Gasteiger partial charge in [-0.05, 0) is 95.0 Å². The molecule has 26 heteroatoms. The Kier molecular flexibility index (Phi) is 32.0. The van der Waals surface area contributed by atoms with Crippen LogP contribution in [-0.4, -0.2) is 275 Å². The number of benzene rings is 1. The Morgan fingerprint density at radius 2 is 1.19 bits per heavy atom. The lowest BCUT2D eigenvalue weighted by molar-refractivity contribution is -0.171. The van der Waals surface area contributed by atoms with Crippen molar-refractivity contribution in [3.63, 3.8) is 0 Å². The van der Waals surface area contributed by atoms with Crippen LogP contribution in [0.3, 0.4) is 0 Å². The number of esters is 2. The molecule has 1 aliphatic heterocycles. The molecule has 1 aliphatic rings. The molecular weight excluding hydrogens is 1180 g/mol. The summed E-state index contributed by atoms with van der Waals surface area (Å²) in [6.07, 6.45) is -2.49. The van der Waals surface area contributed by atoms with Crippen LogP contribution in [0.5, 0.6) is 5.75 Å². The van der Waals surface area contributed by atoms with Crippen LogP contribution in [0.25, 0.3) is 0 Å². The van der Waals surface area contributed by atoms with E-state index >= 15 is 19.2 Å². The van der Waals surface area contributed by atoms with Crippen molar-refractivity contribution in [3.8, 4) is 5.75 Å². The Morgan fingerprint density at radius 1 is 0.626 bits per heavy atom. The molecule has 1 fully saturated rings. The topological polar surface area (TPSA) is 284 Å². The van der Waals surface area contributed by atoms with E-state index in [9.17, 15) is 33.6 Å². The molecule has 1 aromatic rings. The maximum atomic E-state index is 15.6. The summed E-state index contributed by atoms with van der Waals surface area (Å²) in [5, 5.41) is 5.63. The number of nitrogens with zero attached hydrogens (tertiary/aromatic N) is 8. The second-order valence-corrected chi connectivity index (χ2v) is 26.1. The molecular formula is C65H110N10O16. The van der Waals surface area contributed by atoms with Gasteiger partial charge in [0.25, 0.3) is 5.91 Å². The first-order valence-electron chi connectivity index (χ1n) is 31.4. The first-order valence-corrected chi connectivity index (χ1v) is 31.4. The molecule has 0 radical (unpaired) electrons. The lowest BCUT2D eigenvalue weighted by atomic mass is 9.95. The summed E-state index contributed by atoms with van der Waals surface area (Å²) in [6.45, 7) is 21.4. The molecule has 9 amide bonds. The van der Waals surface area contributed by atoms with Gasteiger partial charge in [0.15, 0.2) is 6.10 Å². The predicted molar refractivity (Wildman–Crippen MR) is 343 cm³/mol. The van der Waals surface area contributed by atoms with E-state index in [1.54, 1.807) is 64.0 Å². The highest BCUT2D eigenvalue weighted by atomic mass is 16.6. The van der Waals surface area contributed by atoms with Gasteiger partial charge >= 0.3 is 11.9 Å². The van der Waals surface area contributed by atoms with Crippen LogP contribution < -0.4 is 15.4 Å². The van der Waals surface area contributed by atoms with E-state index in [0.717, 1.165) is 24.5 Å². The molecule has 1 unspecified atom stereocenters. The first kappa shape index (κ1) is 80.2. The van der Waals surface area contributed by atoms with Crippen LogP contribution in [0.1, 0.15) is 115 Å². The van der Waals surface area contributed by atoms with Crippen molar-refractivity contribution in [1.29, 1.82) is 0 Å². The van der Waals surface area contributed by atoms with Gasteiger partial charge in [0.2, 0.25) is 47.3 Å². The molecule has 0 saturated carbocycles. The number of hydrogen-bond donors (Lipinski definition) is 2. The summed E-state index contributed by atoms with van der Waals surface area (Å²) in [4.78, 5) is 172. The van der Waals surface area contributed by atoms with Gasteiger partial charge in [-0.3, -0.25) is 52.8 Å². The van der Waals surface area contributed by atoms with E-state index in [1.807, 2.05) is 48.5 Å². The molecule has 26 nitrogen and oxygen atoms in total. The van der Waals surface area contributed by atoms with Gasteiger partial charge in [-0.1, -0.05) is 87.8 Å². The highest BCUT2D eigenvalue weighted by molar-refractivity contribution is 5.99. The molecule has 0 aromatic heterocycles. The number of amides is 9. The Hall–Kier alpha value is -6.93. The summed E-state index contributed by atoms with van der Waals surface area (Å²) >= 11 is 0. The lowest BCUT2D eigenvalue weighted by Crippen LogP contribution is -2.64. The van der Waals surface area contributed by atoms with Gasteiger partial charge in [0.1, 0.15) is 72.3 Å². The highest BCUT2D eigenvalue weighted by Gasteiger charge is 2.47. The van der Waals surface area contributed by atoms with Gasteiger partial charge in [0, 0.05) is 70.0 Å². The number of likely N-dealkylation sites (N-methyl/N-ethyl adjacent to an activating group) is 8. The number of hydrogen-bond acceptors (Lipinski definition) is 17. The molecule has 0 bridgehead atoms. The summed E-state index contributed by atoms with van der Waals surface area (Å²) in [5.41, 5.74) is 0.597. The first-order chi connectivity index (χ1) is 42.3. The molecule has 13 atom stereocenters. The van der Waals surface area contributed by atoms with Gasteiger partial charge in [-0.2, -0.15) is 0 Å². The normalized spacial score (nSPS) is 23.3. The van der Waals surface area contributed by atoms with Crippen molar-refractivity contribution in [3.05, 3.63) is 29.8 Å². The second-order valence-electron chi connectivity index (χ2n) is 26.1. The number of carbonyl (C=O) groups is 11. The zero-order valence-electron chi connectivity index (χ0n) is 59.0. The molecule has 0 aliphatic carbocycles. The van der Waals surface area contributed by atoms with E-state index in [4.69, 9.17) is 23.7 Å². The number of cyclic esters (lactones) is 1. The van der Waals surface area contributed by atoms with Gasteiger partial charge in [-0.15, -0.1) is 0 Å². The van der Waals surface area contributed by atoms with E-state index in [2.05, 4.69) is 10.6 Å². The quantitative estimate of drug-likeness (QED) is 0.141. The monoisotopic (exact) mass is 1290 g/mol. The van der Waals surface area contributed by atoms with Crippen molar-refractivity contribution < 1.29 is 76.4 Å². The van der Waals surface area contributed by atoms with E-state index in [-0.39, 0.29) is 43.6 Å². The van der Waals surface area contributed by atoms with Crippen LogP contribution in [-0.2, 0) is 78.1 Å². The third-order valence-corrected chi connectivity index (χ3v) is 17.2. The molecule has 2 rings (SSSR count). The van der Waals surface area contributed by atoms with Crippen molar-refractivity contribution >= 4 is 65.1 Å². The molecule has 1 heterocycles. The van der Waals surface area contributed by atoms with Crippen LogP contribution in [0.15, 0.2) is 24.3 Å². The number of carbonyl (C=O) groups excluding carboxylic acids is 11. The zero-order valence-corrected chi connectivity index (χ0v) is 59.0. The maximum Gasteiger partial charge on any atom is 0.328 e. The van der Waals surface area contributed by atoms with Crippen LogP contribution >= 0.6 is 0 Å². The van der Waals surface area contributed by atoms with Crippen molar-refractivity contribution in [2.45, 2.75) is 188 Å². The van der Waals surface area contributed by atoms with Gasteiger partial charge in [0.05, 0.1) is 20.3 Å². The lowest BCUT2D eigenvalue weighted by Gasteiger charge is -2.41. The van der Waals surface area contributed by atoms with Crippen LogP contribution in [0, 0.1) is 29.6 Å². The van der Waals surface area contributed by atoms with Gasteiger partial charge in [-0.25, -0.2) is 4.79 Å². The molecule has 0 spiro atoms. The van der Waals surface area contributed by atoms with Crippen molar-refractivity contribution in [2.24, 2.45) is 29.6 Å². The Bertz CT molecular complexity index is 2630. The number of nitrogens with one attached hydrogen (secondary N) is 2. The maximum absolute atomic E-state index is 15.6. The number of methoxy groups -OCH3 is 3. The fourth-order valence-corrected chi connectivity index (χ4v) is 11.3. The van der Waals surface area contributed by atoms with E-state index in [0.29, 0.717) is 17.7 Å². The van der Waals surface area contributed by atoms with Crippen molar-refractivity contribution in [2.75, 3.05) is 98.0 Å². The Morgan fingerprint density at radius 3 is 1.67 bits per heavy atom. The number of rotatable bonds is 24. The largest absolute Gasteiger partial charge is 0.497 e. The highest BCUT2D eigenvalue weighted by Crippen LogP contribution is 2.25. The third-order valence-electron chi connectivity index (χ3n) is 17.2. The standard InChI is InChI=1S/C65H110N10O16/c1-26-40(10)52-56(77)66-41(11)57(78)70(17)47(31-36(2)3)55(76)67-46(33-44-27-29-45(89-25)30-28-44)58(79)69(16)42(12)64(85)90-43(13)53(62(83)72(19)50(35-88-24)61(82)74(52)21)75(22)59(80)48(32-37(4)5)71(18)60(81)49(34-87-23)73(20)63(84)54(39(8)9)91-65(86)51(38(6)7)68(14)15/h27-30,36-43,46-54H,26,31-35H2,1-25H3,(H,66,77)(H,67,76)/t40?,41-,42-,43+,46-,47-,48-,49-,50-,51-,52-,53-,54-/m0/s1. The zero-order chi connectivity index (χ0) is 70.0. The Balaban J connectivity index is 3.02. The molecule has 1 aromatic carbocycles. The average Bonchev–Trinajstić information content (AvgIpc) is 0.922. The Labute approximate surface area is 540 Å². The summed E-state index contributed by atoms with van der Waals surface area (Å²) in [6, 6.07) is -6.41. The fourth-order valence-electron chi connectivity index (χ4n) is 11.3. The summed E-state index contributed by atoms with van der Waals surface area (Å²) in [5.74, 6) is -9.68. The van der Waals surface area contributed by atoms with Gasteiger partial charge < -0.3 is 68.6 Å². The van der Waals surface area contributed by atoms with Crippen LogP contribution in [0.4, 0.5) is 0 Å². The summed E-state index contributed by atoms with van der Waals surface area (Å²) in [7, 11) is 17.0. The minimum absolute atomic E-state index is 0.00735. The van der Waals surface area contributed by atoms with E-state index in [1.165, 1.54) is 101 Å². The minimum atomic E-state index is -1.79. The predicted octanol–water partition coefficient (Wildman–Crippen LogP) is 2.57. The fraction of sp³-hybridized carbons (Fsp3) is 0.738. The number of ether oxygens (including phenoxy) is 5. The minimum Gasteiger partial charge on any atom is -0.497 e. The second kappa shape index (κ2) is 36.3. The third kappa shape index (κ3) is 21.0. The average molecular weight is 1290 g/mol. The van der Waals surface area contributed by atoms with Crippen molar-refractivity contribution in [1.82, 2.24) is 49.8 Å². The molecule has 516 valence electrons. The smallest absolute Gasteiger partial charge is 0.328 e. The molecule has 91 heavy (non-hydrogen) atoms. The van der Waals surface area contributed by atoms with Crippen LogP contribution in [0.2, 0.25) is 0 Å². The SMILES string of the molecule is CCC(C)[C@H]1C(=O)N[C@@H](C)C(=O)N(C)[C@@H](CC(C)C)C(=O)N[C@@H](Cc2ccc(OC)cc2)C(=O)N(C)[C@@H](C)C(=O)O[C@H](C)[C@H](N(C)C(=O)[C@H](CC(C)C)N(C)C(=O)[C@H](COC)N(C)C(=O)[C@@H](OC(=O)[C@H](C(C)C)N(C)C)C(C)C)C(=O)N(C)[C@@H](COC)C(=O)N1C. The van der Waals surface area contributed by atoms with E-state index < -0.39 is 156 Å². The summed E-state index contributed by atoms with van der Waals surface area (Å²) < 4.78 is 28.5.